The molecule has 0 aliphatic rings. The summed E-state index contributed by atoms with van der Waals surface area (Å²) in [5.74, 6) is -0.155. The highest BCUT2D eigenvalue weighted by atomic mass is 16.5. The molecule has 0 fully saturated rings. The highest BCUT2D eigenvalue weighted by molar-refractivity contribution is 5.94. The molecule has 19 heavy (non-hydrogen) atoms. The average molecular weight is 265 g/mol. The number of amides is 1. The quantitative estimate of drug-likeness (QED) is 0.794. The molecule has 0 saturated heterocycles. The number of carbonyl (C=O) groups is 1. The summed E-state index contributed by atoms with van der Waals surface area (Å²) in [6.45, 7) is 6.41. The van der Waals surface area contributed by atoms with E-state index < -0.39 is 0 Å². The lowest BCUT2D eigenvalue weighted by atomic mass is 10.1. The van der Waals surface area contributed by atoms with E-state index >= 15 is 0 Å². The molecule has 0 aromatic heterocycles. The number of nitrogens with one attached hydrogen (secondary N) is 1. The Morgan fingerprint density at radius 2 is 1.95 bits per heavy atom. The molecule has 0 aliphatic heterocycles. The summed E-state index contributed by atoms with van der Waals surface area (Å²) in [5.41, 5.74) is 1.64. The van der Waals surface area contributed by atoms with Crippen molar-refractivity contribution in [2.75, 3.05) is 6.61 Å². The van der Waals surface area contributed by atoms with Gasteiger partial charge >= 0.3 is 0 Å². The number of hydrogen-bond acceptors (Lipinski definition) is 3. The Labute approximate surface area is 114 Å². The van der Waals surface area contributed by atoms with Gasteiger partial charge in [-0.15, -0.1) is 0 Å². The molecule has 0 spiro atoms. The van der Waals surface area contributed by atoms with Gasteiger partial charge in [0.25, 0.3) is 5.91 Å². The summed E-state index contributed by atoms with van der Waals surface area (Å²) in [5, 5.41) is 11.8. The fourth-order valence-corrected chi connectivity index (χ4v) is 1.56. The number of aliphatic hydroxyl groups excluding tert-OH is 1. The van der Waals surface area contributed by atoms with Gasteiger partial charge in [0.15, 0.2) is 0 Å². The van der Waals surface area contributed by atoms with Crippen molar-refractivity contribution >= 4 is 5.91 Å². The standard InChI is InChI=1S/C15H23NO3/c1-4-14(9-17)16-15(18)13-7-5-12(6-8-13)10-19-11(2)3/h5-8,11,14,17H,4,9-10H2,1-3H3,(H,16,18)/t14-/m0/s1. The van der Waals surface area contributed by atoms with Gasteiger partial charge in [0, 0.05) is 5.56 Å². The first-order valence-electron chi connectivity index (χ1n) is 6.69. The Kier molecular flexibility index (Phi) is 6.53. The zero-order valence-corrected chi connectivity index (χ0v) is 11.8. The van der Waals surface area contributed by atoms with Crippen LogP contribution in [0.3, 0.4) is 0 Å². The maximum atomic E-state index is 11.9. The molecule has 2 N–H and O–H groups in total. The van der Waals surface area contributed by atoms with Gasteiger partial charge in [-0.25, -0.2) is 0 Å². The first kappa shape index (κ1) is 15.7. The van der Waals surface area contributed by atoms with Crippen LogP contribution >= 0.6 is 0 Å². The third-order valence-corrected chi connectivity index (χ3v) is 2.85. The van der Waals surface area contributed by atoms with Crippen LogP contribution in [0.2, 0.25) is 0 Å². The summed E-state index contributed by atoms with van der Waals surface area (Å²) in [7, 11) is 0. The molecule has 0 heterocycles. The van der Waals surface area contributed by atoms with Gasteiger partial charge in [-0.3, -0.25) is 4.79 Å². The SMILES string of the molecule is CC[C@@H](CO)NC(=O)c1ccc(COC(C)C)cc1. The van der Waals surface area contributed by atoms with Crippen LogP contribution in [0.1, 0.15) is 43.1 Å². The topological polar surface area (TPSA) is 58.6 Å². The predicted octanol–water partition coefficient (Wildman–Crippen LogP) is 2.11. The van der Waals surface area contributed by atoms with Crippen molar-refractivity contribution in [2.24, 2.45) is 0 Å². The number of carbonyl (C=O) groups excluding carboxylic acids is 1. The first-order valence-corrected chi connectivity index (χ1v) is 6.69. The van der Waals surface area contributed by atoms with Crippen LogP contribution in [0.5, 0.6) is 0 Å². The lowest BCUT2D eigenvalue weighted by molar-refractivity contribution is 0.0656. The van der Waals surface area contributed by atoms with Gasteiger partial charge in [0.2, 0.25) is 0 Å². The summed E-state index contributed by atoms with van der Waals surface area (Å²) in [6.07, 6.45) is 0.903. The number of hydrogen-bond donors (Lipinski definition) is 2. The van der Waals surface area contributed by atoms with Crippen molar-refractivity contribution in [2.45, 2.75) is 45.9 Å². The van der Waals surface area contributed by atoms with E-state index in [-0.39, 0.29) is 24.7 Å². The Morgan fingerprint density at radius 3 is 2.42 bits per heavy atom. The molecule has 4 nitrogen and oxygen atoms in total. The van der Waals surface area contributed by atoms with E-state index in [0.29, 0.717) is 18.6 Å². The molecule has 1 rings (SSSR count). The van der Waals surface area contributed by atoms with Crippen molar-refractivity contribution in [1.82, 2.24) is 5.32 Å². The van der Waals surface area contributed by atoms with E-state index in [0.717, 1.165) is 5.56 Å². The van der Waals surface area contributed by atoms with Crippen LogP contribution in [0, 0.1) is 0 Å². The Morgan fingerprint density at radius 1 is 1.32 bits per heavy atom. The third-order valence-electron chi connectivity index (χ3n) is 2.85. The molecule has 1 aromatic rings. The summed E-state index contributed by atoms with van der Waals surface area (Å²) in [6, 6.07) is 7.14. The van der Waals surface area contributed by atoms with Crippen LogP contribution in [-0.2, 0) is 11.3 Å². The van der Waals surface area contributed by atoms with Crippen molar-refractivity contribution in [1.29, 1.82) is 0 Å². The monoisotopic (exact) mass is 265 g/mol. The minimum atomic E-state index is -0.184. The van der Waals surface area contributed by atoms with Crippen LogP contribution < -0.4 is 5.32 Å². The molecule has 0 unspecified atom stereocenters. The van der Waals surface area contributed by atoms with Crippen molar-refractivity contribution in [3.05, 3.63) is 35.4 Å². The highest BCUT2D eigenvalue weighted by Crippen LogP contribution is 2.07. The number of aliphatic hydroxyl groups is 1. The molecule has 106 valence electrons. The van der Waals surface area contributed by atoms with Crippen LogP contribution in [0.15, 0.2) is 24.3 Å². The van der Waals surface area contributed by atoms with Crippen LogP contribution in [0.25, 0.3) is 0 Å². The molecule has 0 aliphatic carbocycles. The van der Waals surface area contributed by atoms with Crippen molar-refractivity contribution in [3.8, 4) is 0 Å². The molecule has 0 saturated carbocycles. The maximum Gasteiger partial charge on any atom is 0.251 e. The highest BCUT2D eigenvalue weighted by Gasteiger charge is 2.11. The second-order valence-corrected chi connectivity index (χ2v) is 4.82. The molecule has 4 heteroatoms. The fourth-order valence-electron chi connectivity index (χ4n) is 1.56. The van der Waals surface area contributed by atoms with Crippen LogP contribution in [-0.4, -0.2) is 29.8 Å². The minimum absolute atomic E-state index is 0.0391. The number of benzene rings is 1. The average Bonchev–Trinajstić information content (AvgIpc) is 2.42. The third kappa shape index (κ3) is 5.41. The van der Waals surface area contributed by atoms with E-state index in [1.807, 2.05) is 32.9 Å². The van der Waals surface area contributed by atoms with Gasteiger partial charge in [-0.05, 0) is 38.0 Å². The Hall–Kier alpha value is -1.39. The zero-order valence-electron chi connectivity index (χ0n) is 11.8. The molecule has 0 radical (unpaired) electrons. The van der Waals surface area contributed by atoms with Crippen molar-refractivity contribution in [3.63, 3.8) is 0 Å². The van der Waals surface area contributed by atoms with E-state index in [1.165, 1.54) is 0 Å². The predicted molar refractivity (Wildman–Crippen MR) is 75.0 cm³/mol. The number of ether oxygens (including phenoxy) is 1. The van der Waals surface area contributed by atoms with Gasteiger partial charge in [-0.2, -0.15) is 0 Å². The Balaban J connectivity index is 2.57. The smallest absolute Gasteiger partial charge is 0.251 e. The van der Waals surface area contributed by atoms with E-state index in [4.69, 9.17) is 9.84 Å². The zero-order chi connectivity index (χ0) is 14.3. The van der Waals surface area contributed by atoms with E-state index in [2.05, 4.69) is 5.32 Å². The molecule has 1 amide bonds. The normalized spacial score (nSPS) is 12.5. The number of rotatable bonds is 7. The lowest BCUT2D eigenvalue weighted by Gasteiger charge is -2.14. The minimum Gasteiger partial charge on any atom is -0.394 e. The second kappa shape index (κ2) is 7.92. The first-order chi connectivity index (χ1) is 9.06. The van der Waals surface area contributed by atoms with Gasteiger partial charge in [0.05, 0.1) is 25.4 Å². The second-order valence-electron chi connectivity index (χ2n) is 4.82. The summed E-state index contributed by atoms with van der Waals surface area (Å²) in [4.78, 5) is 11.9. The lowest BCUT2D eigenvalue weighted by Crippen LogP contribution is -2.36. The van der Waals surface area contributed by atoms with E-state index in [1.54, 1.807) is 12.1 Å². The van der Waals surface area contributed by atoms with Gasteiger partial charge < -0.3 is 15.2 Å². The van der Waals surface area contributed by atoms with E-state index in [9.17, 15) is 4.79 Å². The molecule has 0 bridgehead atoms. The Bertz CT molecular complexity index is 383. The fraction of sp³-hybridized carbons (Fsp3) is 0.533. The molecule has 1 atom stereocenters. The molecular weight excluding hydrogens is 242 g/mol. The maximum absolute atomic E-state index is 11.9. The largest absolute Gasteiger partial charge is 0.394 e. The molecule has 1 aromatic carbocycles. The summed E-state index contributed by atoms with van der Waals surface area (Å²) >= 11 is 0. The van der Waals surface area contributed by atoms with Gasteiger partial charge in [-0.1, -0.05) is 19.1 Å². The summed E-state index contributed by atoms with van der Waals surface area (Å²) < 4.78 is 5.49. The van der Waals surface area contributed by atoms with Crippen molar-refractivity contribution < 1.29 is 14.6 Å². The molecular formula is C15H23NO3. The van der Waals surface area contributed by atoms with Crippen LogP contribution in [0.4, 0.5) is 0 Å². The van der Waals surface area contributed by atoms with Gasteiger partial charge in [0.1, 0.15) is 0 Å².